The summed E-state index contributed by atoms with van der Waals surface area (Å²) in [4.78, 5) is 14.7. The minimum absolute atomic E-state index is 0.0382. The number of nitrogens with zero attached hydrogens (tertiary/aromatic N) is 1. The van der Waals surface area contributed by atoms with Gasteiger partial charge in [-0.1, -0.05) is 53.6 Å². The summed E-state index contributed by atoms with van der Waals surface area (Å²) in [6, 6.07) is 13.4. The third-order valence-electron chi connectivity index (χ3n) is 7.17. The second kappa shape index (κ2) is 12.3. The predicted octanol–water partition coefficient (Wildman–Crippen LogP) is 4.27. The molecule has 7 heteroatoms. The second-order valence-corrected chi connectivity index (χ2v) is 10.3. The average molecular weight is 503 g/mol. The van der Waals surface area contributed by atoms with Gasteiger partial charge in [0.2, 0.25) is 5.91 Å². The number of unbranched alkanes of at least 4 members (excludes halogenated alkanes) is 1. The summed E-state index contributed by atoms with van der Waals surface area (Å²) in [5.74, 6) is -0.322. The van der Waals surface area contributed by atoms with E-state index in [1.807, 2.05) is 43.3 Å². The van der Waals surface area contributed by atoms with E-state index in [0.717, 1.165) is 35.1 Å². The van der Waals surface area contributed by atoms with E-state index in [0.29, 0.717) is 43.9 Å². The van der Waals surface area contributed by atoms with E-state index < -0.39 is 11.7 Å². The molecule has 0 aliphatic heterocycles. The molecule has 0 radical (unpaired) electrons. The molecule has 2 aromatic rings. The van der Waals surface area contributed by atoms with Crippen LogP contribution < -0.4 is 5.73 Å². The summed E-state index contributed by atoms with van der Waals surface area (Å²) in [5, 5.41) is 22.7. The number of carbonyl (C=O) groups excluding carboxylic acids is 1. The lowest BCUT2D eigenvalue weighted by atomic mass is 9.81. The van der Waals surface area contributed by atoms with Crippen molar-refractivity contribution in [3.05, 3.63) is 58.6 Å². The number of rotatable bonds is 11. The largest absolute Gasteiger partial charge is 0.391 e. The number of hydrogen-bond donors (Lipinski definition) is 3. The molecule has 3 rings (SSSR count). The number of ether oxygens (including phenoxy) is 1. The molecule has 0 aromatic heterocycles. The molecular formula is C28H39ClN2O4. The molecule has 4 N–H and O–H groups in total. The van der Waals surface area contributed by atoms with Crippen LogP contribution in [-0.4, -0.2) is 60.5 Å². The van der Waals surface area contributed by atoms with Gasteiger partial charge in [-0.15, -0.1) is 0 Å². The van der Waals surface area contributed by atoms with Crippen molar-refractivity contribution in [1.82, 2.24) is 4.90 Å². The lowest BCUT2D eigenvalue weighted by molar-refractivity contribution is -0.135. The summed E-state index contributed by atoms with van der Waals surface area (Å²) in [6.07, 6.45) is 2.71. The lowest BCUT2D eigenvalue weighted by Crippen LogP contribution is -2.37. The Morgan fingerprint density at radius 2 is 1.94 bits per heavy atom. The molecule has 2 aromatic carbocycles. The molecule has 0 saturated heterocycles. The zero-order valence-corrected chi connectivity index (χ0v) is 21.8. The zero-order valence-electron chi connectivity index (χ0n) is 21.0. The van der Waals surface area contributed by atoms with Crippen LogP contribution in [0.3, 0.4) is 0 Å². The van der Waals surface area contributed by atoms with Crippen LogP contribution in [0.25, 0.3) is 11.1 Å². The number of aliphatic hydroxyl groups excluding tert-OH is 1. The highest BCUT2D eigenvalue weighted by molar-refractivity contribution is 6.33. The Kier molecular flexibility index (Phi) is 9.73. The predicted molar refractivity (Wildman–Crippen MR) is 140 cm³/mol. The van der Waals surface area contributed by atoms with Crippen LogP contribution in [0.15, 0.2) is 42.5 Å². The van der Waals surface area contributed by atoms with Crippen molar-refractivity contribution >= 4 is 17.5 Å². The van der Waals surface area contributed by atoms with Crippen molar-refractivity contribution in [1.29, 1.82) is 0 Å². The van der Waals surface area contributed by atoms with Crippen molar-refractivity contribution in [2.24, 2.45) is 11.7 Å². The highest BCUT2D eigenvalue weighted by Crippen LogP contribution is 2.41. The molecule has 0 bridgehead atoms. The van der Waals surface area contributed by atoms with Gasteiger partial charge in [0.05, 0.1) is 11.7 Å². The van der Waals surface area contributed by atoms with Gasteiger partial charge in [-0.05, 0) is 62.6 Å². The minimum Gasteiger partial charge on any atom is -0.391 e. The van der Waals surface area contributed by atoms with E-state index in [9.17, 15) is 15.0 Å². The summed E-state index contributed by atoms with van der Waals surface area (Å²) >= 11 is 6.70. The molecule has 4 atom stereocenters. The van der Waals surface area contributed by atoms with Crippen molar-refractivity contribution in [2.45, 2.75) is 63.2 Å². The molecule has 1 amide bonds. The Bertz CT molecular complexity index is 991. The van der Waals surface area contributed by atoms with Gasteiger partial charge in [-0.25, -0.2) is 0 Å². The molecule has 35 heavy (non-hydrogen) atoms. The number of nitrogens with two attached hydrogens (primary N) is 1. The molecule has 0 spiro atoms. The van der Waals surface area contributed by atoms with Crippen molar-refractivity contribution in [2.75, 3.05) is 27.3 Å². The Hall–Kier alpha value is -1.96. The van der Waals surface area contributed by atoms with Crippen LogP contribution in [0.4, 0.5) is 0 Å². The fourth-order valence-corrected chi connectivity index (χ4v) is 5.37. The molecule has 1 saturated carbocycles. The first-order valence-electron chi connectivity index (χ1n) is 12.4. The number of hydrogen-bond acceptors (Lipinski definition) is 5. The SMILES string of the molecule is COCCCC[C@@](O)(CCN(C)C(=O)[C@H]1C[C@@H](N)[C@@H](O)C1)c1cccc(Cl)c1-c1cccc(C)c1. The summed E-state index contributed by atoms with van der Waals surface area (Å²) in [5.41, 5.74) is 8.40. The van der Waals surface area contributed by atoms with Crippen LogP contribution >= 0.6 is 11.6 Å². The van der Waals surface area contributed by atoms with E-state index >= 15 is 0 Å². The molecule has 1 aliphatic rings. The summed E-state index contributed by atoms with van der Waals surface area (Å²) in [7, 11) is 3.43. The van der Waals surface area contributed by atoms with E-state index in [1.165, 1.54) is 0 Å². The van der Waals surface area contributed by atoms with Gasteiger partial charge in [-0.3, -0.25) is 4.79 Å². The standard InChI is InChI=1S/C28H39ClN2O4/c1-19-8-6-9-20(16-19)26-22(10-7-11-23(26)29)28(34,12-4-5-15-35-3)13-14-31(2)27(33)21-17-24(30)25(32)18-21/h6-11,16,21,24-25,32,34H,4-5,12-15,17-18,30H2,1-3H3/t21-,24+,25-,28+/m0/s1. The average Bonchev–Trinajstić information content (AvgIpc) is 3.17. The normalized spacial score (nSPS) is 21.6. The minimum atomic E-state index is -1.18. The fourth-order valence-electron chi connectivity index (χ4n) is 5.09. The molecule has 1 aliphatic carbocycles. The van der Waals surface area contributed by atoms with Gasteiger partial charge in [-0.2, -0.15) is 0 Å². The number of methoxy groups -OCH3 is 1. The molecule has 1 fully saturated rings. The number of benzene rings is 2. The zero-order chi connectivity index (χ0) is 25.6. The Morgan fingerprint density at radius 3 is 2.60 bits per heavy atom. The monoisotopic (exact) mass is 502 g/mol. The molecule has 0 unspecified atom stereocenters. The maximum atomic E-state index is 13.0. The first-order chi connectivity index (χ1) is 16.7. The van der Waals surface area contributed by atoms with Gasteiger partial charge in [0, 0.05) is 49.9 Å². The topological polar surface area (TPSA) is 96.0 Å². The highest BCUT2D eigenvalue weighted by atomic mass is 35.5. The van der Waals surface area contributed by atoms with Gasteiger partial charge in [0.25, 0.3) is 0 Å². The van der Waals surface area contributed by atoms with Crippen molar-refractivity contribution < 1.29 is 19.7 Å². The molecule has 6 nitrogen and oxygen atoms in total. The van der Waals surface area contributed by atoms with E-state index in [2.05, 4.69) is 6.07 Å². The number of carbonyl (C=O) groups is 1. The maximum absolute atomic E-state index is 13.0. The van der Waals surface area contributed by atoms with Crippen LogP contribution in [0.1, 0.15) is 49.7 Å². The van der Waals surface area contributed by atoms with Crippen LogP contribution in [0.5, 0.6) is 0 Å². The first-order valence-corrected chi connectivity index (χ1v) is 12.8. The fraction of sp³-hybridized carbons (Fsp3) is 0.536. The van der Waals surface area contributed by atoms with Crippen molar-refractivity contribution in [3.8, 4) is 11.1 Å². The van der Waals surface area contributed by atoms with E-state index in [4.69, 9.17) is 22.1 Å². The van der Waals surface area contributed by atoms with E-state index in [-0.39, 0.29) is 17.9 Å². The Labute approximate surface area is 214 Å². The Balaban J connectivity index is 1.87. The molecular weight excluding hydrogens is 464 g/mol. The van der Waals surface area contributed by atoms with Gasteiger partial charge >= 0.3 is 0 Å². The van der Waals surface area contributed by atoms with Crippen LogP contribution in [0, 0.1) is 12.8 Å². The summed E-state index contributed by atoms with van der Waals surface area (Å²) in [6.45, 7) is 3.03. The molecule has 192 valence electrons. The number of aryl methyl sites for hydroxylation is 1. The van der Waals surface area contributed by atoms with Crippen LogP contribution in [0.2, 0.25) is 5.02 Å². The van der Waals surface area contributed by atoms with Crippen molar-refractivity contribution in [3.63, 3.8) is 0 Å². The second-order valence-electron chi connectivity index (χ2n) is 9.92. The number of aliphatic hydroxyl groups is 2. The van der Waals surface area contributed by atoms with Crippen LogP contribution in [-0.2, 0) is 15.1 Å². The van der Waals surface area contributed by atoms with Gasteiger partial charge < -0.3 is 25.6 Å². The smallest absolute Gasteiger partial charge is 0.225 e. The Morgan fingerprint density at radius 1 is 1.20 bits per heavy atom. The van der Waals surface area contributed by atoms with Gasteiger partial charge in [0.15, 0.2) is 0 Å². The number of halogens is 1. The maximum Gasteiger partial charge on any atom is 0.225 e. The quantitative estimate of drug-likeness (QED) is 0.399. The highest BCUT2D eigenvalue weighted by Gasteiger charge is 2.37. The summed E-state index contributed by atoms with van der Waals surface area (Å²) < 4.78 is 5.21. The lowest BCUT2D eigenvalue weighted by Gasteiger charge is -2.33. The third kappa shape index (κ3) is 6.83. The number of amides is 1. The molecule has 0 heterocycles. The first kappa shape index (κ1) is 27.6. The third-order valence-corrected chi connectivity index (χ3v) is 7.49. The van der Waals surface area contributed by atoms with E-state index in [1.54, 1.807) is 19.1 Å². The van der Waals surface area contributed by atoms with Gasteiger partial charge in [0.1, 0.15) is 0 Å².